The first-order chi connectivity index (χ1) is 12.1. The fraction of sp³-hybridized carbons (Fsp3) is 0.111. The van der Waals surface area contributed by atoms with E-state index in [4.69, 9.17) is 9.15 Å². The molecule has 2 aromatic heterocycles. The van der Waals surface area contributed by atoms with Gasteiger partial charge in [-0.1, -0.05) is 0 Å². The molecule has 1 N–H and O–H groups in total. The van der Waals surface area contributed by atoms with E-state index in [1.165, 1.54) is 6.20 Å². The van der Waals surface area contributed by atoms with Crippen molar-refractivity contribution in [3.8, 4) is 5.75 Å². The molecule has 0 unspecified atom stereocenters. The van der Waals surface area contributed by atoms with Gasteiger partial charge in [-0.2, -0.15) is 5.10 Å². The van der Waals surface area contributed by atoms with Gasteiger partial charge in [0, 0.05) is 17.8 Å². The molecule has 3 aromatic rings. The van der Waals surface area contributed by atoms with E-state index in [1.807, 2.05) is 0 Å². The van der Waals surface area contributed by atoms with Gasteiger partial charge in [-0.25, -0.2) is 10.2 Å². The third-order valence-corrected chi connectivity index (χ3v) is 3.58. The molecule has 0 aliphatic rings. The normalized spacial score (nSPS) is 11.4. The summed E-state index contributed by atoms with van der Waals surface area (Å²) < 4.78 is 10.5. The Bertz CT molecular complexity index is 1010. The van der Waals surface area contributed by atoms with Crippen molar-refractivity contribution in [2.45, 2.75) is 6.92 Å². The highest BCUT2D eigenvalue weighted by Gasteiger charge is 2.10. The first-order valence-corrected chi connectivity index (χ1v) is 7.45. The van der Waals surface area contributed by atoms with Gasteiger partial charge in [-0.15, -0.1) is 0 Å². The van der Waals surface area contributed by atoms with Crippen LogP contribution in [0.15, 0.2) is 63.1 Å². The molecule has 0 aliphatic carbocycles. The van der Waals surface area contributed by atoms with Crippen molar-refractivity contribution >= 4 is 22.6 Å². The lowest BCUT2D eigenvalue weighted by atomic mass is 10.1. The SMILES string of the molecule is COc1ccc2oc(=O)c(C(C)=NNC(=O)c3cccnc3)cc2c1. The smallest absolute Gasteiger partial charge is 0.345 e. The predicted octanol–water partition coefficient (Wildman–Crippen LogP) is 2.35. The van der Waals surface area contributed by atoms with Gasteiger partial charge in [-0.05, 0) is 43.3 Å². The van der Waals surface area contributed by atoms with Crippen LogP contribution < -0.4 is 15.8 Å². The molecule has 126 valence electrons. The number of carbonyl (C=O) groups is 1. The Morgan fingerprint density at radius 3 is 2.84 bits per heavy atom. The fourth-order valence-corrected chi connectivity index (χ4v) is 2.24. The number of carbonyl (C=O) groups excluding carboxylic acids is 1. The molecule has 0 atom stereocenters. The number of fused-ring (bicyclic) bond motifs is 1. The maximum Gasteiger partial charge on any atom is 0.345 e. The van der Waals surface area contributed by atoms with Gasteiger partial charge < -0.3 is 9.15 Å². The second kappa shape index (κ2) is 6.96. The predicted molar refractivity (Wildman–Crippen MR) is 93.0 cm³/mol. The number of methoxy groups -OCH3 is 1. The average Bonchev–Trinajstić information content (AvgIpc) is 2.65. The van der Waals surface area contributed by atoms with Crippen LogP contribution >= 0.6 is 0 Å². The zero-order chi connectivity index (χ0) is 17.8. The standard InChI is InChI=1S/C18H15N3O4/c1-11(20-21-17(22)12-4-3-7-19-10-12)15-9-13-8-14(24-2)5-6-16(13)25-18(15)23/h3-10H,1-2H3,(H,21,22). The summed E-state index contributed by atoms with van der Waals surface area (Å²) in [5.74, 6) is 0.228. The molecule has 0 fully saturated rings. The van der Waals surface area contributed by atoms with Crippen LogP contribution in [0.4, 0.5) is 0 Å². The summed E-state index contributed by atoms with van der Waals surface area (Å²) >= 11 is 0. The van der Waals surface area contributed by atoms with Crippen molar-refractivity contribution in [2.24, 2.45) is 5.10 Å². The van der Waals surface area contributed by atoms with Crippen LogP contribution in [0.2, 0.25) is 0 Å². The largest absolute Gasteiger partial charge is 0.497 e. The summed E-state index contributed by atoms with van der Waals surface area (Å²) in [6.07, 6.45) is 3.00. The van der Waals surface area contributed by atoms with Gasteiger partial charge in [0.25, 0.3) is 5.91 Å². The molecule has 1 amide bonds. The fourth-order valence-electron chi connectivity index (χ4n) is 2.24. The van der Waals surface area contributed by atoms with E-state index in [9.17, 15) is 9.59 Å². The Labute approximate surface area is 143 Å². The van der Waals surface area contributed by atoms with Crippen LogP contribution in [0.5, 0.6) is 5.75 Å². The number of ether oxygens (including phenoxy) is 1. The summed E-state index contributed by atoms with van der Waals surface area (Å²) in [5, 5.41) is 4.68. The van der Waals surface area contributed by atoms with Crippen LogP contribution in [0.3, 0.4) is 0 Å². The minimum Gasteiger partial charge on any atom is -0.497 e. The van der Waals surface area contributed by atoms with Gasteiger partial charge in [0.1, 0.15) is 11.3 Å². The molecular weight excluding hydrogens is 322 g/mol. The van der Waals surface area contributed by atoms with E-state index in [2.05, 4.69) is 15.5 Å². The molecule has 0 saturated heterocycles. The number of benzene rings is 1. The van der Waals surface area contributed by atoms with Gasteiger partial charge >= 0.3 is 5.63 Å². The number of rotatable bonds is 4. The number of nitrogens with one attached hydrogen (secondary N) is 1. The first-order valence-electron chi connectivity index (χ1n) is 7.45. The molecule has 0 bridgehead atoms. The maximum absolute atomic E-state index is 12.1. The molecule has 0 aliphatic heterocycles. The highest BCUT2D eigenvalue weighted by atomic mass is 16.5. The van der Waals surface area contributed by atoms with Crippen molar-refractivity contribution in [3.05, 3.63) is 70.3 Å². The summed E-state index contributed by atoms with van der Waals surface area (Å²) in [5.41, 5.74) is 3.27. The molecule has 25 heavy (non-hydrogen) atoms. The second-order valence-corrected chi connectivity index (χ2v) is 5.23. The van der Waals surface area contributed by atoms with Gasteiger partial charge in [0.15, 0.2) is 0 Å². The highest BCUT2D eigenvalue weighted by Crippen LogP contribution is 2.20. The van der Waals surface area contributed by atoms with E-state index in [1.54, 1.807) is 56.6 Å². The number of hydrogen-bond acceptors (Lipinski definition) is 6. The van der Waals surface area contributed by atoms with E-state index in [0.717, 1.165) is 0 Å². The van der Waals surface area contributed by atoms with Crippen LogP contribution in [0.25, 0.3) is 11.0 Å². The molecule has 7 nitrogen and oxygen atoms in total. The lowest BCUT2D eigenvalue weighted by Crippen LogP contribution is -2.21. The molecule has 7 heteroatoms. The summed E-state index contributed by atoms with van der Waals surface area (Å²) in [6, 6.07) is 10.0. The Morgan fingerprint density at radius 1 is 1.28 bits per heavy atom. The number of hydrazone groups is 1. The molecule has 0 radical (unpaired) electrons. The third-order valence-electron chi connectivity index (χ3n) is 3.58. The van der Waals surface area contributed by atoms with Crippen LogP contribution in [0.1, 0.15) is 22.8 Å². The topological polar surface area (TPSA) is 93.8 Å². The lowest BCUT2D eigenvalue weighted by Gasteiger charge is -2.05. The second-order valence-electron chi connectivity index (χ2n) is 5.23. The third kappa shape index (κ3) is 3.55. The van der Waals surface area contributed by atoms with Crippen molar-refractivity contribution in [1.82, 2.24) is 10.4 Å². The summed E-state index contributed by atoms with van der Waals surface area (Å²) in [4.78, 5) is 28.0. The van der Waals surface area contributed by atoms with Crippen LogP contribution in [-0.2, 0) is 0 Å². The van der Waals surface area contributed by atoms with E-state index >= 15 is 0 Å². The minimum absolute atomic E-state index is 0.257. The lowest BCUT2D eigenvalue weighted by molar-refractivity contribution is 0.0954. The molecule has 3 rings (SSSR count). The zero-order valence-corrected chi connectivity index (χ0v) is 13.6. The quantitative estimate of drug-likeness (QED) is 0.448. The highest BCUT2D eigenvalue weighted by molar-refractivity contribution is 6.02. The van der Waals surface area contributed by atoms with Crippen molar-refractivity contribution in [1.29, 1.82) is 0 Å². The maximum atomic E-state index is 12.1. The molecular formula is C18H15N3O4. The van der Waals surface area contributed by atoms with Gasteiger partial charge in [0.2, 0.25) is 0 Å². The molecule has 1 aromatic carbocycles. The Kier molecular flexibility index (Phi) is 4.56. The zero-order valence-electron chi connectivity index (χ0n) is 13.6. The number of aromatic nitrogens is 1. The minimum atomic E-state index is -0.533. The molecule has 2 heterocycles. The number of amides is 1. The first kappa shape index (κ1) is 16.4. The number of hydrogen-bond donors (Lipinski definition) is 1. The van der Waals surface area contributed by atoms with E-state index in [-0.39, 0.29) is 5.56 Å². The molecule has 0 saturated carbocycles. The van der Waals surface area contributed by atoms with Crippen LogP contribution in [-0.4, -0.2) is 23.7 Å². The van der Waals surface area contributed by atoms with E-state index in [0.29, 0.717) is 28.0 Å². The number of nitrogens with zero attached hydrogens (tertiary/aromatic N) is 2. The van der Waals surface area contributed by atoms with E-state index < -0.39 is 11.5 Å². The van der Waals surface area contributed by atoms with Gasteiger partial charge in [-0.3, -0.25) is 9.78 Å². The van der Waals surface area contributed by atoms with Crippen molar-refractivity contribution < 1.29 is 13.9 Å². The van der Waals surface area contributed by atoms with Crippen molar-refractivity contribution in [3.63, 3.8) is 0 Å². The van der Waals surface area contributed by atoms with Gasteiger partial charge in [0.05, 0.1) is 23.9 Å². The Balaban J connectivity index is 1.90. The Morgan fingerprint density at radius 2 is 2.12 bits per heavy atom. The average molecular weight is 337 g/mol. The monoisotopic (exact) mass is 337 g/mol. The summed E-state index contributed by atoms with van der Waals surface area (Å²) in [6.45, 7) is 1.61. The molecule has 0 spiro atoms. The Hall–Kier alpha value is -3.48. The number of pyridine rings is 1. The van der Waals surface area contributed by atoms with Crippen LogP contribution in [0, 0.1) is 0 Å². The summed E-state index contributed by atoms with van der Waals surface area (Å²) in [7, 11) is 1.56. The van der Waals surface area contributed by atoms with Crippen molar-refractivity contribution in [2.75, 3.05) is 7.11 Å².